The standard InChI is InChI=1S/C24H26FN3O5S/c1-17-22(19-6-8-21(25)9-7-19)34(31,32)28(24(17)30)16-18-2-4-20(5-3-18)23(29)26-10-11-27-12-14-33-15-13-27/h2-9H,10-16H2,1H3,(H,26,29). The number of nitrogens with one attached hydrogen (secondary N) is 1. The molecule has 2 aliphatic heterocycles. The number of carbonyl (C=O) groups is 2. The monoisotopic (exact) mass is 487 g/mol. The highest BCUT2D eigenvalue weighted by Crippen LogP contribution is 2.36. The van der Waals surface area contributed by atoms with Gasteiger partial charge in [-0.15, -0.1) is 0 Å². The molecule has 2 heterocycles. The van der Waals surface area contributed by atoms with Crippen LogP contribution in [0.4, 0.5) is 4.39 Å². The number of amides is 2. The van der Waals surface area contributed by atoms with Gasteiger partial charge in [-0.2, -0.15) is 0 Å². The Morgan fingerprint density at radius 2 is 1.71 bits per heavy atom. The molecule has 0 spiro atoms. The Kier molecular flexibility index (Phi) is 7.11. The van der Waals surface area contributed by atoms with E-state index in [0.717, 1.165) is 36.1 Å². The Bertz CT molecular complexity index is 1200. The molecule has 2 aromatic rings. The van der Waals surface area contributed by atoms with Crippen LogP contribution in [-0.2, 0) is 26.1 Å². The summed E-state index contributed by atoms with van der Waals surface area (Å²) in [6, 6.07) is 11.5. The van der Waals surface area contributed by atoms with Crippen LogP contribution in [0, 0.1) is 5.82 Å². The number of morpholine rings is 1. The first-order valence-electron chi connectivity index (χ1n) is 11.0. The number of ether oxygens (including phenoxy) is 1. The minimum absolute atomic E-state index is 0.0860. The third-order valence-electron chi connectivity index (χ3n) is 5.90. The van der Waals surface area contributed by atoms with Crippen LogP contribution < -0.4 is 5.32 Å². The molecule has 0 radical (unpaired) electrons. The average molecular weight is 488 g/mol. The van der Waals surface area contributed by atoms with E-state index < -0.39 is 21.7 Å². The van der Waals surface area contributed by atoms with Crippen LogP contribution in [-0.4, -0.2) is 68.8 Å². The molecule has 4 rings (SSSR count). The molecule has 1 fully saturated rings. The molecule has 0 atom stereocenters. The fourth-order valence-electron chi connectivity index (χ4n) is 4.00. The van der Waals surface area contributed by atoms with Gasteiger partial charge < -0.3 is 10.1 Å². The Balaban J connectivity index is 1.39. The number of rotatable bonds is 7. The second-order valence-electron chi connectivity index (χ2n) is 8.18. The van der Waals surface area contributed by atoms with E-state index in [1.54, 1.807) is 24.3 Å². The van der Waals surface area contributed by atoms with Crippen molar-refractivity contribution in [1.82, 2.24) is 14.5 Å². The normalized spacial score (nSPS) is 18.4. The highest BCUT2D eigenvalue weighted by molar-refractivity contribution is 7.99. The van der Waals surface area contributed by atoms with Crippen molar-refractivity contribution in [2.75, 3.05) is 39.4 Å². The fraction of sp³-hybridized carbons (Fsp3) is 0.333. The first-order chi connectivity index (χ1) is 16.3. The first-order valence-corrected chi connectivity index (χ1v) is 12.4. The minimum atomic E-state index is -4.09. The third kappa shape index (κ3) is 5.03. The van der Waals surface area contributed by atoms with Gasteiger partial charge in [-0.05, 0) is 42.3 Å². The first kappa shape index (κ1) is 24.1. The van der Waals surface area contributed by atoms with E-state index in [4.69, 9.17) is 4.74 Å². The summed E-state index contributed by atoms with van der Waals surface area (Å²) in [5.74, 6) is -1.34. The number of carbonyl (C=O) groups excluding carboxylic acids is 2. The number of halogens is 1. The maximum atomic E-state index is 13.3. The molecular weight excluding hydrogens is 461 g/mol. The van der Waals surface area contributed by atoms with Crippen molar-refractivity contribution in [3.8, 4) is 0 Å². The van der Waals surface area contributed by atoms with Crippen LogP contribution in [0.1, 0.15) is 28.4 Å². The van der Waals surface area contributed by atoms with Crippen LogP contribution >= 0.6 is 0 Å². The quantitative estimate of drug-likeness (QED) is 0.642. The molecule has 34 heavy (non-hydrogen) atoms. The second-order valence-corrected chi connectivity index (χ2v) is 9.98. The van der Waals surface area contributed by atoms with E-state index in [-0.39, 0.29) is 28.5 Å². The number of sulfonamides is 1. The fourth-order valence-corrected chi connectivity index (χ4v) is 5.81. The molecule has 2 amide bonds. The minimum Gasteiger partial charge on any atom is -0.379 e. The Labute approximate surface area is 198 Å². The Hall–Kier alpha value is -3.08. The highest BCUT2D eigenvalue weighted by atomic mass is 32.2. The van der Waals surface area contributed by atoms with Crippen molar-refractivity contribution < 1.29 is 27.1 Å². The van der Waals surface area contributed by atoms with Gasteiger partial charge in [-0.1, -0.05) is 24.3 Å². The second kappa shape index (κ2) is 10.0. The molecule has 180 valence electrons. The van der Waals surface area contributed by atoms with E-state index in [1.807, 2.05) is 0 Å². The zero-order chi connectivity index (χ0) is 24.3. The summed E-state index contributed by atoms with van der Waals surface area (Å²) in [5, 5.41) is 2.88. The van der Waals surface area contributed by atoms with Crippen LogP contribution in [0.2, 0.25) is 0 Å². The van der Waals surface area contributed by atoms with Gasteiger partial charge in [0, 0.05) is 37.3 Å². The van der Waals surface area contributed by atoms with Gasteiger partial charge in [0.05, 0.1) is 19.8 Å². The molecule has 0 saturated carbocycles. The van der Waals surface area contributed by atoms with Gasteiger partial charge in [0.2, 0.25) is 0 Å². The van der Waals surface area contributed by atoms with Crippen molar-refractivity contribution in [2.24, 2.45) is 0 Å². The summed E-state index contributed by atoms with van der Waals surface area (Å²) < 4.78 is 45.6. The van der Waals surface area contributed by atoms with E-state index in [1.165, 1.54) is 19.1 Å². The van der Waals surface area contributed by atoms with Gasteiger partial charge in [0.25, 0.3) is 21.8 Å². The molecule has 0 aliphatic carbocycles. The molecule has 2 aliphatic rings. The Morgan fingerprint density at radius 3 is 2.35 bits per heavy atom. The number of hydrogen-bond donors (Lipinski definition) is 1. The molecule has 1 saturated heterocycles. The van der Waals surface area contributed by atoms with E-state index in [2.05, 4.69) is 10.2 Å². The number of hydrogen-bond acceptors (Lipinski definition) is 6. The number of benzene rings is 2. The van der Waals surface area contributed by atoms with Crippen LogP contribution in [0.25, 0.3) is 4.91 Å². The third-order valence-corrected chi connectivity index (χ3v) is 7.84. The lowest BCUT2D eigenvalue weighted by Gasteiger charge is -2.26. The van der Waals surface area contributed by atoms with Crippen LogP contribution in [0.15, 0.2) is 54.1 Å². The molecule has 0 aromatic heterocycles. The number of nitrogens with zero attached hydrogens (tertiary/aromatic N) is 2. The van der Waals surface area contributed by atoms with Gasteiger partial charge in [0.15, 0.2) is 0 Å². The molecule has 10 heteroatoms. The van der Waals surface area contributed by atoms with Crippen LogP contribution in [0.3, 0.4) is 0 Å². The van der Waals surface area contributed by atoms with Crippen LogP contribution in [0.5, 0.6) is 0 Å². The smallest absolute Gasteiger partial charge is 0.268 e. The topological polar surface area (TPSA) is 96.0 Å². The lowest BCUT2D eigenvalue weighted by molar-refractivity contribution is -0.122. The zero-order valence-corrected chi connectivity index (χ0v) is 19.6. The highest BCUT2D eigenvalue weighted by Gasteiger charge is 2.42. The van der Waals surface area contributed by atoms with E-state index in [9.17, 15) is 22.4 Å². The van der Waals surface area contributed by atoms with Gasteiger partial charge >= 0.3 is 0 Å². The predicted octanol–water partition coefficient (Wildman–Crippen LogP) is 1.99. The van der Waals surface area contributed by atoms with E-state index in [0.29, 0.717) is 30.9 Å². The molecule has 2 aromatic carbocycles. The molecule has 8 nitrogen and oxygen atoms in total. The van der Waals surface area contributed by atoms with Crippen molar-refractivity contribution in [2.45, 2.75) is 13.5 Å². The summed E-state index contributed by atoms with van der Waals surface area (Å²) in [6.07, 6.45) is 0. The largest absolute Gasteiger partial charge is 0.379 e. The van der Waals surface area contributed by atoms with Gasteiger partial charge in [-0.25, -0.2) is 17.1 Å². The molecule has 0 bridgehead atoms. The summed E-state index contributed by atoms with van der Waals surface area (Å²) in [7, 11) is -4.09. The van der Waals surface area contributed by atoms with Crippen molar-refractivity contribution >= 4 is 26.7 Å². The predicted molar refractivity (Wildman–Crippen MR) is 124 cm³/mol. The molecule has 0 unspecified atom stereocenters. The summed E-state index contributed by atoms with van der Waals surface area (Å²) in [5.41, 5.74) is 1.36. The average Bonchev–Trinajstić information content (AvgIpc) is 3.00. The van der Waals surface area contributed by atoms with Crippen molar-refractivity contribution in [3.63, 3.8) is 0 Å². The summed E-state index contributed by atoms with van der Waals surface area (Å²) in [6.45, 7) is 5.63. The summed E-state index contributed by atoms with van der Waals surface area (Å²) >= 11 is 0. The lowest BCUT2D eigenvalue weighted by Crippen LogP contribution is -2.41. The summed E-state index contributed by atoms with van der Waals surface area (Å²) in [4.78, 5) is 27.3. The lowest BCUT2D eigenvalue weighted by atomic mass is 10.1. The van der Waals surface area contributed by atoms with Gasteiger partial charge in [-0.3, -0.25) is 14.5 Å². The van der Waals surface area contributed by atoms with Crippen molar-refractivity contribution in [1.29, 1.82) is 0 Å². The molecule has 1 N–H and O–H groups in total. The maximum Gasteiger partial charge on any atom is 0.268 e. The SMILES string of the molecule is CC1=C(c2ccc(F)cc2)S(=O)(=O)N(Cc2ccc(C(=O)NCCN3CCOCC3)cc2)C1=O. The Morgan fingerprint density at radius 1 is 1.06 bits per heavy atom. The maximum absolute atomic E-state index is 13.3. The van der Waals surface area contributed by atoms with Gasteiger partial charge in [0.1, 0.15) is 10.7 Å². The van der Waals surface area contributed by atoms with Crippen molar-refractivity contribution in [3.05, 3.63) is 76.6 Å². The zero-order valence-electron chi connectivity index (χ0n) is 18.8. The molecular formula is C24H26FN3O5S. The van der Waals surface area contributed by atoms with E-state index >= 15 is 0 Å².